The van der Waals surface area contributed by atoms with Crippen molar-refractivity contribution < 1.29 is 28.7 Å². The van der Waals surface area contributed by atoms with E-state index in [2.05, 4.69) is 13.8 Å². The zero-order chi connectivity index (χ0) is 24.0. The van der Waals surface area contributed by atoms with Crippen molar-refractivity contribution in [2.45, 2.75) is 97.5 Å². The largest absolute Gasteiger partial charge is 0.457 e. The van der Waals surface area contributed by atoms with Gasteiger partial charge in [0.25, 0.3) is 0 Å². The molecule has 0 amide bonds. The van der Waals surface area contributed by atoms with Crippen LogP contribution in [0.1, 0.15) is 91.9 Å². The molecule has 0 heterocycles. The van der Waals surface area contributed by atoms with Crippen molar-refractivity contribution in [2.75, 3.05) is 6.61 Å². The minimum Gasteiger partial charge on any atom is -0.457 e. The molecule has 0 bridgehead atoms. The lowest BCUT2D eigenvalue weighted by Gasteiger charge is -2.59. The average molecular weight is 459 g/mol. The Morgan fingerprint density at radius 3 is 2.33 bits per heavy atom. The van der Waals surface area contributed by atoms with E-state index in [0.717, 1.165) is 38.5 Å². The fourth-order valence-corrected chi connectivity index (χ4v) is 7.87. The van der Waals surface area contributed by atoms with Crippen molar-refractivity contribution in [3.8, 4) is 0 Å². The highest BCUT2D eigenvalue weighted by Gasteiger charge is 2.68. The molecule has 0 aromatic heterocycles. The molecule has 0 saturated heterocycles. The summed E-state index contributed by atoms with van der Waals surface area (Å²) in [6, 6.07) is 0. The fourth-order valence-electron chi connectivity index (χ4n) is 7.87. The highest BCUT2D eigenvalue weighted by molar-refractivity contribution is 5.93. The summed E-state index contributed by atoms with van der Waals surface area (Å²) < 4.78 is 11.3. The number of fused-ring (bicyclic) bond motifs is 5. The van der Waals surface area contributed by atoms with Crippen molar-refractivity contribution in [1.82, 2.24) is 0 Å². The molecule has 3 fully saturated rings. The maximum atomic E-state index is 13.6. The molecule has 3 unspecified atom stereocenters. The molecule has 6 nitrogen and oxygen atoms in total. The van der Waals surface area contributed by atoms with Gasteiger partial charge in [0.15, 0.2) is 18.0 Å². The SMILES string of the molecule is CCC(=O)OCC(=O)[C@@]1(OC(=O)CC)CCC2C3CCC4=CC(=O)CC[C@]4(C)C3CC[C@@]21C. The first-order valence-corrected chi connectivity index (χ1v) is 12.8. The summed E-state index contributed by atoms with van der Waals surface area (Å²) in [6.07, 6.45) is 8.84. The number of hydrogen-bond acceptors (Lipinski definition) is 6. The molecule has 0 aromatic carbocycles. The quantitative estimate of drug-likeness (QED) is 0.535. The number of ketones is 2. The van der Waals surface area contributed by atoms with Crippen LogP contribution in [0, 0.1) is 28.6 Å². The van der Waals surface area contributed by atoms with E-state index >= 15 is 0 Å². The van der Waals surface area contributed by atoms with Crippen LogP contribution >= 0.6 is 0 Å². The van der Waals surface area contributed by atoms with Gasteiger partial charge in [0.1, 0.15) is 0 Å². The van der Waals surface area contributed by atoms with E-state index in [-0.39, 0.29) is 48.3 Å². The minimum absolute atomic E-state index is 0.0458. The van der Waals surface area contributed by atoms with Crippen molar-refractivity contribution in [1.29, 1.82) is 0 Å². The first kappa shape index (κ1) is 24.2. The topological polar surface area (TPSA) is 86.7 Å². The summed E-state index contributed by atoms with van der Waals surface area (Å²) in [5.41, 5.74) is -0.350. The minimum atomic E-state index is -1.23. The van der Waals surface area contributed by atoms with Gasteiger partial charge in [-0.3, -0.25) is 19.2 Å². The Balaban J connectivity index is 1.65. The van der Waals surface area contributed by atoms with Crippen LogP contribution in [-0.2, 0) is 28.7 Å². The van der Waals surface area contributed by atoms with Gasteiger partial charge in [0.2, 0.25) is 5.78 Å². The summed E-state index contributed by atoms with van der Waals surface area (Å²) in [7, 11) is 0. The average Bonchev–Trinajstić information content (AvgIpc) is 3.10. The fraction of sp³-hybridized carbons (Fsp3) is 0.778. The first-order chi connectivity index (χ1) is 15.6. The standard InChI is InChI=1S/C27H38O6/c1-5-23(30)32-16-22(29)27(33-24(31)6-2)14-11-21-19-8-7-17-15-18(28)9-12-25(17,3)20(19)10-13-26(21,27)4/h15,19-21H,5-14,16H2,1-4H3/t19?,20?,21?,25-,26-,27-/m0/s1. The van der Waals surface area contributed by atoms with Crippen LogP contribution in [0.5, 0.6) is 0 Å². The number of Topliss-reactive ketones (excluding diaryl/α,β-unsaturated/α-hetero) is 1. The third-order valence-corrected chi connectivity index (χ3v) is 9.76. The second-order valence-electron chi connectivity index (χ2n) is 11.1. The second-order valence-corrected chi connectivity index (χ2v) is 11.1. The lowest BCUT2D eigenvalue weighted by Crippen LogP contribution is -2.60. The van der Waals surface area contributed by atoms with Crippen LogP contribution in [-0.4, -0.2) is 35.7 Å². The van der Waals surface area contributed by atoms with Crippen molar-refractivity contribution in [2.24, 2.45) is 28.6 Å². The van der Waals surface area contributed by atoms with Crippen LogP contribution < -0.4 is 0 Å². The Kier molecular flexibility index (Phi) is 6.34. The van der Waals surface area contributed by atoms with Crippen LogP contribution in [0.3, 0.4) is 0 Å². The number of carbonyl (C=O) groups excluding carboxylic acids is 4. The zero-order valence-electron chi connectivity index (χ0n) is 20.5. The van der Waals surface area contributed by atoms with Gasteiger partial charge >= 0.3 is 11.9 Å². The van der Waals surface area contributed by atoms with Gasteiger partial charge in [0, 0.05) is 24.7 Å². The predicted octanol–water partition coefficient (Wildman–Crippen LogP) is 4.73. The van der Waals surface area contributed by atoms with E-state index in [1.807, 2.05) is 6.08 Å². The third-order valence-electron chi connectivity index (χ3n) is 9.76. The monoisotopic (exact) mass is 458 g/mol. The summed E-state index contributed by atoms with van der Waals surface area (Å²) >= 11 is 0. The van der Waals surface area contributed by atoms with E-state index in [1.165, 1.54) is 5.57 Å². The molecular weight excluding hydrogens is 420 g/mol. The molecule has 0 radical (unpaired) electrons. The maximum absolute atomic E-state index is 13.6. The number of ether oxygens (including phenoxy) is 2. The molecule has 6 atom stereocenters. The van der Waals surface area contributed by atoms with E-state index in [9.17, 15) is 19.2 Å². The van der Waals surface area contributed by atoms with Gasteiger partial charge in [-0.25, -0.2) is 0 Å². The van der Waals surface area contributed by atoms with E-state index < -0.39 is 17.0 Å². The lowest BCUT2D eigenvalue weighted by molar-refractivity contribution is -0.192. The van der Waals surface area contributed by atoms with Crippen LogP contribution in [0.25, 0.3) is 0 Å². The molecule has 4 aliphatic carbocycles. The van der Waals surface area contributed by atoms with Gasteiger partial charge in [0.05, 0.1) is 0 Å². The number of hydrogen-bond donors (Lipinski definition) is 0. The molecule has 4 aliphatic rings. The summed E-state index contributed by atoms with van der Waals surface area (Å²) in [4.78, 5) is 49.9. The molecule has 0 N–H and O–H groups in total. The highest BCUT2D eigenvalue weighted by atomic mass is 16.6. The van der Waals surface area contributed by atoms with Crippen LogP contribution in [0.15, 0.2) is 11.6 Å². The van der Waals surface area contributed by atoms with Crippen LogP contribution in [0.2, 0.25) is 0 Å². The summed E-state index contributed by atoms with van der Waals surface area (Å²) in [5, 5.41) is 0. The maximum Gasteiger partial charge on any atom is 0.306 e. The second kappa shape index (κ2) is 8.66. The van der Waals surface area contributed by atoms with E-state index in [4.69, 9.17) is 9.47 Å². The summed E-state index contributed by atoms with van der Waals surface area (Å²) in [6.45, 7) is 7.55. The smallest absolute Gasteiger partial charge is 0.306 e. The lowest BCUT2D eigenvalue weighted by atomic mass is 9.46. The molecule has 182 valence electrons. The molecule has 6 heteroatoms. The molecular formula is C27H38O6. The Hall–Kier alpha value is -1.98. The Labute approximate surface area is 196 Å². The number of carbonyl (C=O) groups is 4. The predicted molar refractivity (Wildman–Crippen MR) is 122 cm³/mol. The normalized spacial score (nSPS) is 39.6. The van der Waals surface area contributed by atoms with Gasteiger partial charge in [-0.05, 0) is 74.2 Å². The zero-order valence-corrected chi connectivity index (χ0v) is 20.5. The molecule has 33 heavy (non-hydrogen) atoms. The molecule has 0 spiro atoms. The van der Waals surface area contributed by atoms with Crippen molar-refractivity contribution in [3.05, 3.63) is 11.6 Å². The Morgan fingerprint density at radius 2 is 1.64 bits per heavy atom. The summed E-state index contributed by atoms with van der Waals surface area (Å²) in [5.74, 6) is 0.362. The van der Waals surface area contributed by atoms with Gasteiger partial charge in [-0.15, -0.1) is 0 Å². The Morgan fingerprint density at radius 1 is 0.939 bits per heavy atom. The number of esters is 2. The van der Waals surface area contributed by atoms with Gasteiger partial charge < -0.3 is 9.47 Å². The highest BCUT2D eigenvalue weighted by Crippen LogP contribution is 2.68. The van der Waals surface area contributed by atoms with E-state index in [1.54, 1.807) is 13.8 Å². The number of rotatable bonds is 6. The molecule has 0 aromatic rings. The molecule has 3 saturated carbocycles. The van der Waals surface area contributed by atoms with Gasteiger partial charge in [-0.2, -0.15) is 0 Å². The third kappa shape index (κ3) is 3.68. The van der Waals surface area contributed by atoms with Crippen molar-refractivity contribution >= 4 is 23.5 Å². The van der Waals surface area contributed by atoms with Gasteiger partial charge in [-0.1, -0.05) is 33.3 Å². The van der Waals surface area contributed by atoms with Crippen LogP contribution in [0.4, 0.5) is 0 Å². The molecule has 4 rings (SSSR count). The first-order valence-electron chi connectivity index (χ1n) is 12.8. The number of allylic oxidation sites excluding steroid dienone is 1. The van der Waals surface area contributed by atoms with Crippen molar-refractivity contribution in [3.63, 3.8) is 0 Å². The Bertz CT molecular complexity index is 889. The molecule has 0 aliphatic heterocycles. The van der Waals surface area contributed by atoms with E-state index in [0.29, 0.717) is 24.7 Å².